The van der Waals surface area contributed by atoms with Crippen molar-refractivity contribution >= 4 is 24.3 Å². The molecule has 7 heteroatoms. The Morgan fingerprint density at radius 1 is 1.15 bits per heavy atom. The van der Waals surface area contributed by atoms with E-state index in [0.717, 1.165) is 14.0 Å². The molecule has 0 amide bonds. The van der Waals surface area contributed by atoms with Crippen LogP contribution in [0.4, 0.5) is 0 Å². The summed E-state index contributed by atoms with van der Waals surface area (Å²) in [7, 11) is 2.35. The summed E-state index contributed by atoms with van der Waals surface area (Å²) in [6.45, 7) is 2.44. The second kappa shape index (κ2) is 30.4. The van der Waals surface area contributed by atoms with Crippen LogP contribution < -0.4 is 0 Å². The van der Waals surface area contributed by atoms with Gasteiger partial charge in [-0.25, -0.2) is 0 Å². The van der Waals surface area contributed by atoms with E-state index < -0.39 is 5.97 Å². The molecule has 0 radical (unpaired) electrons. The molecule has 0 aromatic carbocycles. The third-order valence-electron chi connectivity index (χ3n) is 0.287. The van der Waals surface area contributed by atoms with Crippen molar-refractivity contribution in [3.8, 4) is 0 Å². The van der Waals surface area contributed by atoms with Gasteiger partial charge in [-0.2, -0.15) is 0 Å². The summed E-state index contributed by atoms with van der Waals surface area (Å²) < 4.78 is 4.11. The second-order valence-electron chi connectivity index (χ2n) is 1.21. The number of carbonyl (C=O) groups excluding carboxylic acids is 1. The highest BCUT2D eigenvalue weighted by molar-refractivity contribution is 5.85. The minimum absolute atomic E-state index is 0. The summed E-state index contributed by atoms with van der Waals surface area (Å²) in [5.41, 5.74) is 0. The Labute approximate surface area is 83.2 Å². The van der Waals surface area contributed by atoms with E-state index in [2.05, 4.69) is 4.74 Å². The van der Waals surface area contributed by atoms with Gasteiger partial charge in [0.2, 0.25) is 0 Å². The Hall–Kier alpha value is -0.850. The van der Waals surface area contributed by atoms with Gasteiger partial charge in [0.1, 0.15) is 0 Å². The maximum atomic E-state index is 9.59. The van der Waals surface area contributed by atoms with Crippen molar-refractivity contribution in [3.05, 3.63) is 0 Å². The lowest BCUT2D eigenvalue weighted by Crippen LogP contribution is -1.88. The molecule has 0 heterocycles. The molecule has 84 valence electrons. The first kappa shape index (κ1) is 29.5. The molecule has 0 bridgehead atoms. The molecule has 6 nitrogen and oxygen atoms in total. The van der Waals surface area contributed by atoms with Crippen LogP contribution in [0, 0.1) is 0 Å². The normalized spacial score (nSPS) is 5.00. The number of carboxylic acid groups (broad SMARTS) is 1. The van der Waals surface area contributed by atoms with Gasteiger partial charge < -0.3 is 20.4 Å². The van der Waals surface area contributed by atoms with Gasteiger partial charge in [0, 0.05) is 21.0 Å². The van der Waals surface area contributed by atoms with E-state index in [9.17, 15) is 4.79 Å². The second-order valence-corrected chi connectivity index (χ2v) is 1.21. The Morgan fingerprint density at radius 3 is 1.23 bits per heavy atom. The van der Waals surface area contributed by atoms with Crippen LogP contribution in [0.1, 0.15) is 13.8 Å². The minimum Gasteiger partial charge on any atom is -0.481 e. The third kappa shape index (κ3) is 706. The van der Waals surface area contributed by atoms with E-state index >= 15 is 0 Å². The molecule has 0 atom stereocenters. The van der Waals surface area contributed by atoms with Gasteiger partial charge >= 0.3 is 5.97 Å². The molecular weight excluding hydrogens is 204 g/mol. The molecule has 0 saturated carbocycles. The van der Waals surface area contributed by atoms with Crippen LogP contribution in [0.5, 0.6) is 0 Å². The zero-order chi connectivity index (χ0) is 9.86. The number of halogens is 1. The number of esters is 1. The molecule has 0 fully saturated rings. The molecule has 0 aliphatic carbocycles. The molecule has 0 aliphatic heterocycles. The standard InChI is InChI=1S/C3H6O2.C2H4O2.CH4O.ClH.H2O/c1-3(4)5-2;1-2(3)4;1-2;;/h1-2H3;1H3,(H,3,4);2H,1H3;1H;1H2. The summed E-state index contributed by atoms with van der Waals surface area (Å²) in [6, 6.07) is 0. The number of hydrogen-bond acceptors (Lipinski definition) is 4. The van der Waals surface area contributed by atoms with Crippen LogP contribution in [-0.2, 0) is 14.3 Å². The van der Waals surface area contributed by atoms with Gasteiger partial charge in [-0.15, -0.1) is 12.4 Å². The van der Waals surface area contributed by atoms with Crippen LogP contribution in [0.3, 0.4) is 0 Å². The minimum atomic E-state index is -0.833. The average molecular weight is 221 g/mol. The van der Waals surface area contributed by atoms with E-state index in [0.29, 0.717) is 0 Å². The van der Waals surface area contributed by atoms with Gasteiger partial charge in [-0.05, 0) is 0 Å². The van der Waals surface area contributed by atoms with E-state index in [1.165, 1.54) is 14.0 Å². The molecule has 0 saturated heterocycles. The molecule has 0 aliphatic rings. The highest BCUT2D eigenvalue weighted by Crippen LogP contribution is 1.60. The lowest BCUT2D eigenvalue weighted by molar-refractivity contribution is -0.138. The van der Waals surface area contributed by atoms with Crippen LogP contribution in [0.15, 0.2) is 0 Å². The summed E-state index contributed by atoms with van der Waals surface area (Å²) in [5.74, 6) is -1.08. The topological polar surface area (TPSA) is 115 Å². The molecule has 4 N–H and O–H groups in total. The number of ether oxygens (including phenoxy) is 1. The first-order chi connectivity index (χ1) is 5.00. The number of aliphatic carboxylic acids is 1. The quantitative estimate of drug-likeness (QED) is 0.533. The number of hydrogen-bond donors (Lipinski definition) is 2. The number of carbonyl (C=O) groups is 2. The largest absolute Gasteiger partial charge is 0.481 e. The molecule has 0 aromatic heterocycles. The van der Waals surface area contributed by atoms with Crippen molar-refractivity contribution in [1.29, 1.82) is 0 Å². The van der Waals surface area contributed by atoms with Crippen LogP contribution in [0.2, 0.25) is 0 Å². The van der Waals surface area contributed by atoms with Crippen molar-refractivity contribution < 1.29 is 30.0 Å². The Balaban J connectivity index is -0.0000000246. The predicted molar refractivity (Wildman–Crippen MR) is 50.0 cm³/mol. The monoisotopic (exact) mass is 220 g/mol. The molecule has 13 heavy (non-hydrogen) atoms. The van der Waals surface area contributed by atoms with Crippen molar-refractivity contribution in [3.63, 3.8) is 0 Å². The van der Waals surface area contributed by atoms with Gasteiger partial charge in [0.15, 0.2) is 0 Å². The predicted octanol–water partition coefficient (Wildman–Crippen LogP) is -0.524. The summed E-state index contributed by atoms with van der Waals surface area (Å²) >= 11 is 0. The maximum Gasteiger partial charge on any atom is 0.302 e. The first-order valence-corrected chi connectivity index (χ1v) is 2.69. The Bertz CT molecular complexity index is 101. The zero-order valence-corrected chi connectivity index (χ0v) is 8.84. The third-order valence-corrected chi connectivity index (χ3v) is 0.287. The summed E-state index contributed by atoms with van der Waals surface area (Å²) in [5, 5.41) is 14.4. The summed E-state index contributed by atoms with van der Waals surface area (Å²) in [6.07, 6.45) is 0. The lowest BCUT2D eigenvalue weighted by Gasteiger charge is -1.80. The fourth-order valence-electron chi connectivity index (χ4n) is 0. The Kier molecular flexibility index (Phi) is 69.0. The number of aliphatic hydroxyl groups is 1. The fourth-order valence-corrected chi connectivity index (χ4v) is 0. The highest BCUT2D eigenvalue weighted by Gasteiger charge is 1.75. The zero-order valence-electron chi connectivity index (χ0n) is 8.03. The van der Waals surface area contributed by atoms with Crippen molar-refractivity contribution in [2.45, 2.75) is 13.8 Å². The van der Waals surface area contributed by atoms with E-state index in [1.54, 1.807) is 0 Å². The van der Waals surface area contributed by atoms with Crippen LogP contribution in [-0.4, -0.2) is 41.8 Å². The van der Waals surface area contributed by atoms with E-state index in [4.69, 9.17) is 15.0 Å². The molecular formula is C6H17ClO6. The van der Waals surface area contributed by atoms with E-state index in [1.807, 2.05) is 0 Å². The van der Waals surface area contributed by atoms with Crippen LogP contribution in [0.25, 0.3) is 0 Å². The molecule has 0 aromatic rings. The fraction of sp³-hybridized carbons (Fsp3) is 0.667. The van der Waals surface area contributed by atoms with Gasteiger partial charge in [-0.1, -0.05) is 0 Å². The van der Waals surface area contributed by atoms with Crippen molar-refractivity contribution in [1.82, 2.24) is 0 Å². The number of aliphatic hydroxyl groups excluding tert-OH is 1. The van der Waals surface area contributed by atoms with Gasteiger partial charge in [0.25, 0.3) is 5.97 Å². The smallest absolute Gasteiger partial charge is 0.302 e. The highest BCUT2D eigenvalue weighted by atomic mass is 35.5. The summed E-state index contributed by atoms with van der Waals surface area (Å²) in [4.78, 5) is 18.6. The van der Waals surface area contributed by atoms with E-state index in [-0.39, 0.29) is 23.9 Å². The molecule has 0 unspecified atom stereocenters. The average Bonchev–Trinajstić information content (AvgIpc) is 1.91. The van der Waals surface area contributed by atoms with Crippen molar-refractivity contribution in [2.24, 2.45) is 0 Å². The number of methoxy groups -OCH3 is 1. The van der Waals surface area contributed by atoms with Gasteiger partial charge in [0.05, 0.1) is 7.11 Å². The number of rotatable bonds is 0. The number of carboxylic acids is 1. The van der Waals surface area contributed by atoms with Crippen molar-refractivity contribution in [2.75, 3.05) is 14.2 Å². The van der Waals surface area contributed by atoms with Crippen LogP contribution >= 0.6 is 12.4 Å². The lowest BCUT2D eigenvalue weighted by atomic mass is 10.8. The molecule has 0 rings (SSSR count). The maximum absolute atomic E-state index is 9.59. The van der Waals surface area contributed by atoms with Gasteiger partial charge in [-0.3, -0.25) is 9.59 Å². The Morgan fingerprint density at radius 2 is 1.23 bits per heavy atom. The molecule has 0 spiro atoms. The first-order valence-electron chi connectivity index (χ1n) is 2.69. The SMILES string of the molecule is CC(=O)O.CO.COC(C)=O.Cl.O.